The molecule has 1 N–H and O–H groups in total. The SMILES string of the molecule is CC(CC(=O)O)CC(=O)N(C)Cc1c(F)cccc1Cl. The summed E-state index contributed by atoms with van der Waals surface area (Å²) in [4.78, 5) is 23.8. The second-order valence-corrected chi connectivity index (χ2v) is 5.26. The van der Waals surface area contributed by atoms with Crippen LogP contribution in [0.1, 0.15) is 25.3 Å². The van der Waals surface area contributed by atoms with Crippen LogP contribution in [0.25, 0.3) is 0 Å². The van der Waals surface area contributed by atoms with Crippen molar-refractivity contribution in [3.05, 3.63) is 34.6 Å². The van der Waals surface area contributed by atoms with Gasteiger partial charge in [0.1, 0.15) is 5.82 Å². The molecule has 0 bridgehead atoms. The molecule has 1 amide bonds. The maximum atomic E-state index is 13.6. The predicted octanol–water partition coefficient (Wildman–Crippen LogP) is 2.94. The molecule has 0 aromatic heterocycles. The van der Waals surface area contributed by atoms with E-state index in [1.54, 1.807) is 20.0 Å². The van der Waals surface area contributed by atoms with Crippen LogP contribution in [-0.2, 0) is 16.1 Å². The molecule has 0 radical (unpaired) electrons. The van der Waals surface area contributed by atoms with Crippen LogP contribution in [0.4, 0.5) is 4.39 Å². The molecule has 110 valence electrons. The van der Waals surface area contributed by atoms with Gasteiger partial charge in [0, 0.05) is 37.0 Å². The van der Waals surface area contributed by atoms with Crippen molar-refractivity contribution in [2.24, 2.45) is 5.92 Å². The lowest BCUT2D eigenvalue weighted by Crippen LogP contribution is -2.28. The Morgan fingerprint density at radius 3 is 2.60 bits per heavy atom. The number of nitrogens with zero attached hydrogens (tertiary/aromatic N) is 1. The minimum absolute atomic E-state index is 0.0597. The first-order valence-electron chi connectivity index (χ1n) is 6.20. The number of carboxylic acid groups (broad SMARTS) is 1. The monoisotopic (exact) mass is 301 g/mol. The number of benzene rings is 1. The van der Waals surface area contributed by atoms with E-state index in [9.17, 15) is 14.0 Å². The van der Waals surface area contributed by atoms with Crippen LogP contribution in [0, 0.1) is 11.7 Å². The highest BCUT2D eigenvalue weighted by Crippen LogP contribution is 2.21. The van der Waals surface area contributed by atoms with Crippen LogP contribution >= 0.6 is 11.6 Å². The smallest absolute Gasteiger partial charge is 0.303 e. The van der Waals surface area contributed by atoms with E-state index in [1.807, 2.05) is 0 Å². The van der Waals surface area contributed by atoms with Gasteiger partial charge in [0.15, 0.2) is 0 Å². The molecule has 1 aromatic rings. The van der Waals surface area contributed by atoms with Crippen molar-refractivity contribution in [1.29, 1.82) is 0 Å². The topological polar surface area (TPSA) is 57.6 Å². The Morgan fingerprint density at radius 2 is 2.05 bits per heavy atom. The van der Waals surface area contributed by atoms with Gasteiger partial charge in [-0.25, -0.2) is 4.39 Å². The Bertz CT molecular complexity index is 487. The number of amides is 1. The molecule has 0 spiro atoms. The van der Waals surface area contributed by atoms with E-state index < -0.39 is 11.8 Å². The fraction of sp³-hybridized carbons (Fsp3) is 0.429. The molecule has 0 heterocycles. The molecule has 0 aliphatic rings. The summed E-state index contributed by atoms with van der Waals surface area (Å²) in [5.41, 5.74) is 0.260. The molecule has 0 aliphatic carbocycles. The number of carboxylic acids is 1. The lowest BCUT2D eigenvalue weighted by atomic mass is 10.0. The van der Waals surface area contributed by atoms with Crippen LogP contribution in [0.15, 0.2) is 18.2 Å². The Balaban J connectivity index is 2.64. The van der Waals surface area contributed by atoms with Crippen molar-refractivity contribution in [3.63, 3.8) is 0 Å². The van der Waals surface area contributed by atoms with Crippen LogP contribution in [0.3, 0.4) is 0 Å². The molecular formula is C14H17ClFNO3. The van der Waals surface area contributed by atoms with E-state index in [4.69, 9.17) is 16.7 Å². The zero-order chi connectivity index (χ0) is 15.3. The maximum Gasteiger partial charge on any atom is 0.303 e. The molecule has 0 fully saturated rings. The average molecular weight is 302 g/mol. The summed E-state index contributed by atoms with van der Waals surface area (Å²) in [6.07, 6.45) is 0.0366. The first kappa shape index (κ1) is 16.4. The van der Waals surface area contributed by atoms with Crippen molar-refractivity contribution in [3.8, 4) is 0 Å². The molecule has 0 aliphatic heterocycles. The Morgan fingerprint density at radius 1 is 1.40 bits per heavy atom. The van der Waals surface area contributed by atoms with E-state index in [2.05, 4.69) is 0 Å². The Labute approximate surface area is 122 Å². The van der Waals surface area contributed by atoms with Gasteiger partial charge >= 0.3 is 5.97 Å². The molecule has 1 unspecified atom stereocenters. The van der Waals surface area contributed by atoms with Crippen LogP contribution < -0.4 is 0 Å². The van der Waals surface area contributed by atoms with Crippen LogP contribution in [0.2, 0.25) is 5.02 Å². The molecule has 1 aromatic carbocycles. The van der Waals surface area contributed by atoms with Gasteiger partial charge in [-0.15, -0.1) is 0 Å². The van der Waals surface area contributed by atoms with Gasteiger partial charge in [-0.05, 0) is 18.1 Å². The minimum Gasteiger partial charge on any atom is -0.481 e. The number of halogens is 2. The molecule has 4 nitrogen and oxygen atoms in total. The van der Waals surface area contributed by atoms with Gasteiger partial charge in [-0.2, -0.15) is 0 Å². The van der Waals surface area contributed by atoms with Crippen molar-refractivity contribution in [2.75, 3.05) is 7.05 Å². The Kier molecular flexibility index (Phi) is 5.95. The summed E-state index contributed by atoms with van der Waals surface area (Å²) >= 11 is 5.90. The van der Waals surface area contributed by atoms with Crippen molar-refractivity contribution < 1.29 is 19.1 Å². The third-order valence-electron chi connectivity index (χ3n) is 2.93. The number of carbonyl (C=O) groups excluding carboxylic acids is 1. The number of aliphatic carboxylic acids is 1. The van der Waals surface area contributed by atoms with E-state index in [0.717, 1.165) is 0 Å². The molecule has 1 rings (SSSR count). The zero-order valence-corrected chi connectivity index (χ0v) is 12.2. The molecular weight excluding hydrogens is 285 g/mol. The maximum absolute atomic E-state index is 13.6. The standard InChI is InChI=1S/C14H17ClFNO3/c1-9(7-14(19)20)6-13(18)17(2)8-10-11(15)4-3-5-12(10)16/h3-5,9H,6-8H2,1-2H3,(H,19,20). The first-order valence-corrected chi connectivity index (χ1v) is 6.57. The Hall–Kier alpha value is -1.62. The summed E-state index contributed by atoms with van der Waals surface area (Å²) in [6.45, 7) is 1.75. The molecule has 0 saturated heterocycles. The lowest BCUT2D eigenvalue weighted by Gasteiger charge is -2.20. The third kappa shape index (κ3) is 4.81. The normalized spacial score (nSPS) is 12.0. The van der Waals surface area contributed by atoms with Crippen molar-refractivity contribution >= 4 is 23.5 Å². The molecule has 6 heteroatoms. The fourth-order valence-corrected chi connectivity index (χ4v) is 2.06. The summed E-state index contributed by atoms with van der Waals surface area (Å²) in [5.74, 6) is -1.91. The van der Waals surface area contributed by atoms with Gasteiger partial charge in [-0.3, -0.25) is 9.59 Å². The fourth-order valence-electron chi connectivity index (χ4n) is 1.83. The summed E-state index contributed by atoms with van der Waals surface area (Å²) in [5, 5.41) is 8.92. The number of rotatable bonds is 6. The quantitative estimate of drug-likeness (QED) is 0.879. The predicted molar refractivity (Wildman–Crippen MR) is 73.9 cm³/mol. The highest BCUT2D eigenvalue weighted by atomic mass is 35.5. The average Bonchev–Trinajstić information content (AvgIpc) is 2.32. The van der Waals surface area contributed by atoms with Crippen LogP contribution in [0.5, 0.6) is 0 Å². The van der Waals surface area contributed by atoms with E-state index in [1.165, 1.54) is 17.0 Å². The number of carbonyl (C=O) groups is 2. The van der Waals surface area contributed by atoms with E-state index >= 15 is 0 Å². The second kappa shape index (κ2) is 7.24. The van der Waals surface area contributed by atoms with Gasteiger partial charge in [0.2, 0.25) is 5.91 Å². The van der Waals surface area contributed by atoms with Gasteiger partial charge in [-0.1, -0.05) is 24.6 Å². The highest BCUT2D eigenvalue weighted by Gasteiger charge is 2.18. The van der Waals surface area contributed by atoms with Crippen molar-refractivity contribution in [2.45, 2.75) is 26.3 Å². The third-order valence-corrected chi connectivity index (χ3v) is 3.28. The number of hydrogen-bond acceptors (Lipinski definition) is 2. The van der Waals surface area contributed by atoms with Gasteiger partial charge in [0.25, 0.3) is 0 Å². The number of hydrogen-bond donors (Lipinski definition) is 1. The second-order valence-electron chi connectivity index (χ2n) is 4.86. The molecule has 20 heavy (non-hydrogen) atoms. The van der Waals surface area contributed by atoms with E-state index in [0.29, 0.717) is 0 Å². The largest absolute Gasteiger partial charge is 0.481 e. The summed E-state index contributed by atoms with van der Waals surface area (Å²) < 4.78 is 13.6. The van der Waals surface area contributed by atoms with Gasteiger partial charge < -0.3 is 10.0 Å². The summed E-state index contributed by atoms with van der Waals surface area (Å²) in [7, 11) is 1.54. The highest BCUT2D eigenvalue weighted by molar-refractivity contribution is 6.31. The molecule has 1 atom stereocenters. The summed E-state index contributed by atoms with van der Waals surface area (Å²) in [6, 6.07) is 4.34. The first-order chi connectivity index (χ1) is 9.31. The van der Waals surface area contributed by atoms with Gasteiger partial charge in [0.05, 0.1) is 0 Å². The zero-order valence-electron chi connectivity index (χ0n) is 11.4. The van der Waals surface area contributed by atoms with Crippen molar-refractivity contribution in [1.82, 2.24) is 4.90 Å². The minimum atomic E-state index is -0.940. The molecule has 0 saturated carbocycles. The van der Waals surface area contributed by atoms with Crippen LogP contribution in [-0.4, -0.2) is 28.9 Å². The van der Waals surface area contributed by atoms with E-state index in [-0.39, 0.29) is 41.8 Å². The lowest BCUT2D eigenvalue weighted by molar-refractivity contribution is -0.138.